The molecule has 2 aliphatic heterocycles. The van der Waals surface area contributed by atoms with Gasteiger partial charge in [-0.3, -0.25) is 19.4 Å². The number of anilines is 1. The van der Waals surface area contributed by atoms with E-state index in [0.717, 1.165) is 24.3 Å². The van der Waals surface area contributed by atoms with Gasteiger partial charge in [-0.25, -0.2) is 4.39 Å². The van der Waals surface area contributed by atoms with Crippen LogP contribution < -0.4 is 15.0 Å². The fraction of sp³-hybridized carbons (Fsp3) is 0.667. The molecule has 0 aromatic heterocycles. The first-order valence-corrected chi connectivity index (χ1v) is 12.0. The molecular formula is C24H35FN4O4. The number of benzene rings is 1. The molecule has 0 spiro atoms. The van der Waals surface area contributed by atoms with E-state index in [2.05, 4.69) is 15.1 Å². The number of nitrogens with one attached hydrogen (secondary N) is 1. The predicted molar refractivity (Wildman–Crippen MR) is 123 cm³/mol. The molecule has 1 aliphatic carbocycles. The van der Waals surface area contributed by atoms with E-state index >= 15 is 0 Å². The average Bonchev–Trinajstić information content (AvgIpc) is 3.38. The monoisotopic (exact) mass is 462 g/mol. The van der Waals surface area contributed by atoms with E-state index in [1.165, 1.54) is 23.8 Å². The van der Waals surface area contributed by atoms with Crippen LogP contribution >= 0.6 is 0 Å². The summed E-state index contributed by atoms with van der Waals surface area (Å²) in [5, 5.41) is 13.5. The number of aliphatic hydroxyl groups is 1. The van der Waals surface area contributed by atoms with Gasteiger partial charge in [0.1, 0.15) is 11.6 Å². The molecule has 1 aromatic carbocycles. The Morgan fingerprint density at radius 2 is 1.82 bits per heavy atom. The van der Waals surface area contributed by atoms with Crippen LogP contribution in [0.15, 0.2) is 18.2 Å². The second-order valence-corrected chi connectivity index (χ2v) is 9.42. The zero-order chi connectivity index (χ0) is 23.5. The highest BCUT2D eigenvalue weighted by Crippen LogP contribution is 2.33. The van der Waals surface area contributed by atoms with Gasteiger partial charge in [0.05, 0.1) is 36.4 Å². The quantitative estimate of drug-likeness (QED) is 0.562. The summed E-state index contributed by atoms with van der Waals surface area (Å²) >= 11 is 0. The summed E-state index contributed by atoms with van der Waals surface area (Å²) < 4.78 is 20.2. The van der Waals surface area contributed by atoms with Crippen molar-refractivity contribution in [3.05, 3.63) is 24.0 Å². The van der Waals surface area contributed by atoms with Crippen molar-refractivity contribution < 1.29 is 23.8 Å². The Balaban J connectivity index is 1.31. The van der Waals surface area contributed by atoms with Crippen LogP contribution in [-0.4, -0.2) is 91.3 Å². The molecule has 3 atom stereocenters. The van der Waals surface area contributed by atoms with Gasteiger partial charge in [-0.2, -0.15) is 0 Å². The highest BCUT2D eigenvalue weighted by molar-refractivity contribution is 6.06. The van der Waals surface area contributed by atoms with Crippen molar-refractivity contribution in [1.29, 1.82) is 0 Å². The fourth-order valence-electron chi connectivity index (χ4n) is 5.19. The second-order valence-electron chi connectivity index (χ2n) is 9.42. The van der Waals surface area contributed by atoms with Crippen LogP contribution in [0, 0.1) is 11.7 Å². The number of likely N-dealkylation sites (N-methyl/N-ethyl adjacent to an activating group) is 1. The molecule has 2 amide bonds. The molecule has 0 bridgehead atoms. The third-order valence-electron chi connectivity index (χ3n) is 7.09. The Kier molecular flexibility index (Phi) is 7.51. The third-order valence-corrected chi connectivity index (χ3v) is 7.09. The van der Waals surface area contributed by atoms with Gasteiger partial charge >= 0.3 is 0 Å². The van der Waals surface area contributed by atoms with E-state index in [4.69, 9.17) is 4.74 Å². The highest BCUT2D eigenvalue weighted by atomic mass is 19.1. The molecule has 2 N–H and O–H groups in total. The number of piperazine rings is 1. The summed E-state index contributed by atoms with van der Waals surface area (Å²) in [7, 11) is 1.66. The Labute approximate surface area is 194 Å². The van der Waals surface area contributed by atoms with E-state index < -0.39 is 18.1 Å². The van der Waals surface area contributed by atoms with Crippen molar-refractivity contribution in [2.24, 2.45) is 5.92 Å². The summed E-state index contributed by atoms with van der Waals surface area (Å²) in [6, 6.07) is 4.18. The number of aliphatic hydroxyl groups excluding tert-OH is 1. The number of imide groups is 1. The number of likely N-dealkylation sites (tertiary alicyclic amines) is 1. The van der Waals surface area contributed by atoms with Crippen LogP contribution in [0.2, 0.25) is 0 Å². The Morgan fingerprint density at radius 1 is 1.12 bits per heavy atom. The van der Waals surface area contributed by atoms with Gasteiger partial charge in [-0.15, -0.1) is 0 Å². The van der Waals surface area contributed by atoms with Gasteiger partial charge in [0, 0.05) is 38.8 Å². The summed E-state index contributed by atoms with van der Waals surface area (Å²) in [6.45, 7) is 4.84. The van der Waals surface area contributed by atoms with Crippen molar-refractivity contribution >= 4 is 17.5 Å². The zero-order valence-corrected chi connectivity index (χ0v) is 19.5. The van der Waals surface area contributed by atoms with Crippen molar-refractivity contribution in [2.45, 2.75) is 50.9 Å². The number of β-amino-alcohol motifs (C(OH)–C–C–N with tert-alkyl or cyclic N) is 1. The number of hydrogen-bond acceptors (Lipinski definition) is 7. The lowest BCUT2D eigenvalue weighted by Crippen LogP contribution is -2.51. The normalized spacial score (nSPS) is 25.8. The van der Waals surface area contributed by atoms with Crippen LogP contribution in [0.1, 0.15) is 32.6 Å². The Bertz CT molecular complexity index is 855. The van der Waals surface area contributed by atoms with Gasteiger partial charge in [-0.05, 0) is 44.9 Å². The lowest BCUT2D eigenvalue weighted by atomic mass is 10.1. The number of halogens is 1. The molecule has 2 saturated heterocycles. The fourth-order valence-corrected chi connectivity index (χ4v) is 5.19. The minimum absolute atomic E-state index is 0.00364. The lowest BCUT2D eigenvalue weighted by molar-refractivity contribution is -0.141. The van der Waals surface area contributed by atoms with Gasteiger partial charge in [0.25, 0.3) is 0 Å². The number of hydrogen-bond donors (Lipinski definition) is 2. The summed E-state index contributed by atoms with van der Waals surface area (Å²) in [5.74, 6) is -0.499. The number of nitrogens with zero attached hydrogens (tertiary/aromatic N) is 3. The van der Waals surface area contributed by atoms with Gasteiger partial charge in [0.2, 0.25) is 11.8 Å². The molecule has 3 unspecified atom stereocenters. The molecule has 2 heterocycles. The maximum atomic E-state index is 14.0. The maximum Gasteiger partial charge on any atom is 0.247 e. The Hall–Kier alpha value is -2.23. The summed E-state index contributed by atoms with van der Waals surface area (Å²) in [6.07, 6.45) is 3.81. The first-order chi connectivity index (χ1) is 15.9. The summed E-state index contributed by atoms with van der Waals surface area (Å²) in [4.78, 5) is 30.2. The molecule has 8 nitrogen and oxygen atoms in total. The number of carbonyl (C=O) groups excluding carboxylic acids is 2. The standard InChI is InChI=1S/C24H35FN4O4/c1-16-22(26-2)24(32)29(23(16)31)15-18(30)14-27-9-11-28(12-10-27)20-13-17(25)7-8-21(20)33-19-5-3-4-6-19/h7-8,13,16,18-19,22,26,30H,3-6,9-12,14-15H2,1-2H3. The van der Waals surface area contributed by atoms with E-state index in [0.29, 0.717) is 32.7 Å². The van der Waals surface area contributed by atoms with Crippen molar-refractivity contribution in [1.82, 2.24) is 15.1 Å². The smallest absolute Gasteiger partial charge is 0.247 e. The van der Waals surface area contributed by atoms with Crippen molar-refractivity contribution in [2.75, 3.05) is 51.2 Å². The van der Waals surface area contributed by atoms with Gasteiger partial charge in [-0.1, -0.05) is 6.92 Å². The third kappa shape index (κ3) is 5.31. The number of amides is 2. The van der Waals surface area contributed by atoms with Gasteiger partial charge < -0.3 is 20.1 Å². The number of rotatable bonds is 8. The van der Waals surface area contributed by atoms with Crippen LogP contribution in [0.3, 0.4) is 0 Å². The first-order valence-electron chi connectivity index (χ1n) is 12.0. The molecule has 1 aromatic rings. The molecule has 3 fully saturated rings. The zero-order valence-electron chi connectivity index (χ0n) is 19.5. The van der Waals surface area contributed by atoms with E-state index in [9.17, 15) is 19.1 Å². The summed E-state index contributed by atoms with van der Waals surface area (Å²) in [5.41, 5.74) is 0.780. The lowest BCUT2D eigenvalue weighted by Gasteiger charge is -2.38. The van der Waals surface area contributed by atoms with Crippen LogP contribution in [0.5, 0.6) is 5.75 Å². The van der Waals surface area contributed by atoms with Crippen molar-refractivity contribution in [3.8, 4) is 5.75 Å². The molecule has 1 saturated carbocycles. The van der Waals surface area contributed by atoms with Crippen LogP contribution in [0.4, 0.5) is 10.1 Å². The molecular weight excluding hydrogens is 427 g/mol. The van der Waals surface area contributed by atoms with E-state index in [-0.39, 0.29) is 30.3 Å². The molecule has 33 heavy (non-hydrogen) atoms. The topological polar surface area (TPSA) is 85.4 Å². The van der Waals surface area contributed by atoms with Crippen LogP contribution in [0.25, 0.3) is 0 Å². The molecule has 182 valence electrons. The number of ether oxygens (including phenoxy) is 1. The second kappa shape index (κ2) is 10.4. The van der Waals surface area contributed by atoms with E-state index in [1.807, 2.05) is 0 Å². The molecule has 3 aliphatic rings. The average molecular weight is 463 g/mol. The predicted octanol–water partition coefficient (Wildman–Crippen LogP) is 1.22. The minimum Gasteiger partial charge on any atom is -0.488 e. The Morgan fingerprint density at radius 3 is 2.45 bits per heavy atom. The maximum absolute atomic E-state index is 14.0. The van der Waals surface area contributed by atoms with Crippen LogP contribution in [-0.2, 0) is 9.59 Å². The van der Waals surface area contributed by atoms with Gasteiger partial charge in [0.15, 0.2) is 0 Å². The molecule has 0 radical (unpaired) electrons. The SMILES string of the molecule is CNC1C(=O)N(CC(O)CN2CCN(c3cc(F)ccc3OC3CCCC3)CC2)C(=O)C1C. The molecule has 4 rings (SSSR count). The number of carbonyl (C=O) groups is 2. The van der Waals surface area contributed by atoms with E-state index in [1.54, 1.807) is 26.1 Å². The molecule has 9 heteroatoms. The largest absolute Gasteiger partial charge is 0.488 e. The first kappa shape index (κ1) is 23.9. The minimum atomic E-state index is -0.817. The highest BCUT2D eigenvalue weighted by Gasteiger charge is 2.44. The van der Waals surface area contributed by atoms with Crippen molar-refractivity contribution in [3.63, 3.8) is 0 Å².